The lowest BCUT2D eigenvalue weighted by atomic mass is 9.86. The number of fused-ring (bicyclic) bond motifs is 1. The lowest BCUT2D eigenvalue weighted by molar-refractivity contribution is -0.189. The van der Waals surface area contributed by atoms with Crippen LogP contribution in [0.5, 0.6) is 0 Å². The quantitative estimate of drug-likeness (QED) is 0.779. The van der Waals surface area contributed by atoms with Gasteiger partial charge in [0.1, 0.15) is 0 Å². The fourth-order valence-corrected chi connectivity index (χ4v) is 3.43. The Balaban J connectivity index is 1.82. The molecule has 0 unspecified atom stereocenters. The molecule has 1 aliphatic heterocycles. The van der Waals surface area contributed by atoms with Crippen LogP contribution in [0.4, 0.5) is 0 Å². The zero-order chi connectivity index (χ0) is 11.0. The monoisotopic (exact) mass is 217 g/mol. The fraction of sp³-hybridized carbons (Fsp3) is 0.571. The number of hydroxylamine groups is 2. The van der Waals surface area contributed by atoms with E-state index >= 15 is 0 Å². The van der Waals surface area contributed by atoms with Gasteiger partial charge in [-0.2, -0.15) is 5.06 Å². The van der Waals surface area contributed by atoms with E-state index in [1.807, 2.05) is 6.07 Å². The average molecular weight is 217 g/mol. The zero-order valence-corrected chi connectivity index (χ0v) is 9.55. The Labute approximate surface area is 96.8 Å². The normalized spacial score (nSPS) is 34.9. The van der Waals surface area contributed by atoms with E-state index in [9.17, 15) is 5.21 Å². The molecule has 1 aromatic carbocycles. The summed E-state index contributed by atoms with van der Waals surface area (Å²) in [5.74, 6) is 0.741. The lowest BCUT2D eigenvalue weighted by Gasteiger charge is -2.39. The molecule has 3 atom stereocenters. The molecule has 1 saturated heterocycles. The van der Waals surface area contributed by atoms with E-state index in [4.69, 9.17) is 0 Å². The van der Waals surface area contributed by atoms with Gasteiger partial charge in [-0.05, 0) is 37.2 Å². The van der Waals surface area contributed by atoms with Crippen LogP contribution in [0, 0.1) is 5.92 Å². The highest BCUT2D eigenvalue weighted by atomic mass is 16.5. The molecule has 86 valence electrons. The maximum absolute atomic E-state index is 10.3. The molecule has 0 bridgehead atoms. The number of nitrogens with zero attached hydrogens (tertiary/aromatic N) is 1. The predicted octanol–water partition coefficient (Wildman–Crippen LogP) is 3.38. The molecule has 2 aliphatic rings. The molecule has 0 spiro atoms. The van der Waals surface area contributed by atoms with E-state index in [1.54, 1.807) is 5.06 Å². The maximum Gasteiger partial charge on any atom is 0.0602 e. The van der Waals surface area contributed by atoms with Crippen molar-refractivity contribution in [1.29, 1.82) is 0 Å². The second kappa shape index (κ2) is 4.19. The van der Waals surface area contributed by atoms with Gasteiger partial charge < -0.3 is 5.21 Å². The molecule has 0 radical (unpaired) electrons. The van der Waals surface area contributed by atoms with Crippen molar-refractivity contribution in [3.05, 3.63) is 35.9 Å². The number of rotatable bonds is 1. The summed E-state index contributed by atoms with van der Waals surface area (Å²) >= 11 is 0. The largest absolute Gasteiger partial charge is 0.313 e. The van der Waals surface area contributed by atoms with Gasteiger partial charge in [-0.3, -0.25) is 0 Å². The molecule has 1 aromatic rings. The number of hydrogen-bond acceptors (Lipinski definition) is 2. The molecule has 16 heavy (non-hydrogen) atoms. The average Bonchev–Trinajstić information content (AvgIpc) is 2.80. The van der Waals surface area contributed by atoms with Gasteiger partial charge >= 0.3 is 0 Å². The first-order chi connectivity index (χ1) is 7.86. The summed E-state index contributed by atoms with van der Waals surface area (Å²) in [6, 6.07) is 11.0. The van der Waals surface area contributed by atoms with Crippen molar-refractivity contribution in [2.24, 2.45) is 5.92 Å². The van der Waals surface area contributed by atoms with Gasteiger partial charge in [-0.25, -0.2) is 0 Å². The van der Waals surface area contributed by atoms with E-state index in [-0.39, 0.29) is 6.04 Å². The second-order valence-electron chi connectivity index (χ2n) is 5.14. The van der Waals surface area contributed by atoms with E-state index in [0.717, 1.165) is 12.3 Å². The third-order valence-corrected chi connectivity index (χ3v) is 4.27. The molecule has 1 aliphatic carbocycles. The molecule has 0 amide bonds. The van der Waals surface area contributed by atoms with Crippen LogP contribution in [0.2, 0.25) is 0 Å². The Morgan fingerprint density at radius 3 is 2.62 bits per heavy atom. The molecule has 2 heteroatoms. The van der Waals surface area contributed by atoms with Gasteiger partial charge in [0.2, 0.25) is 0 Å². The highest BCUT2D eigenvalue weighted by Crippen LogP contribution is 2.43. The van der Waals surface area contributed by atoms with Crippen LogP contribution in [-0.4, -0.2) is 16.3 Å². The first kappa shape index (κ1) is 10.3. The van der Waals surface area contributed by atoms with Crippen molar-refractivity contribution >= 4 is 0 Å². The first-order valence-electron chi connectivity index (χ1n) is 6.38. The molecule has 0 aromatic heterocycles. The predicted molar refractivity (Wildman–Crippen MR) is 63.2 cm³/mol. The molecule has 3 rings (SSSR count). The molecule has 1 N–H and O–H groups in total. The smallest absolute Gasteiger partial charge is 0.0602 e. The highest BCUT2D eigenvalue weighted by Gasteiger charge is 2.39. The van der Waals surface area contributed by atoms with Crippen molar-refractivity contribution in [3.63, 3.8) is 0 Å². The number of hydrogen-bond donors (Lipinski definition) is 1. The summed E-state index contributed by atoms with van der Waals surface area (Å²) in [6.07, 6.45) is 6.14. The van der Waals surface area contributed by atoms with Crippen molar-refractivity contribution < 1.29 is 5.21 Å². The Morgan fingerprint density at radius 2 is 1.81 bits per heavy atom. The summed E-state index contributed by atoms with van der Waals surface area (Å²) in [7, 11) is 0. The topological polar surface area (TPSA) is 23.5 Å². The minimum atomic E-state index is 0.223. The van der Waals surface area contributed by atoms with Crippen LogP contribution in [0.15, 0.2) is 30.3 Å². The van der Waals surface area contributed by atoms with E-state index < -0.39 is 0 Å². The summed E-state index contributed by atoms with van der Waals surface area (Å²) in [4.78, 5) is 0. The minimum absolute atomic E-state index is 0.223. The summed E-state index contributed by atoms with van der Waals surface area (Å²) in [5.41, 5.74) is 1.26. The van der Waals surface area contributed by atoms with Crippen LogP contribution < -0.4 is 0 Å². The first-order valence-corrected chi connectivity index (χ1v) is 6.38. The Morgan fingerprint density at radius 1 is 1.00 bits per heavy atom. The van der Waals surface area contributed by atoms with Gasteiger partial charge in [0.25, 0.3) is 0 Å². The summed E-state index contributed by atoms with van der Waals surface area (Å²) in [5, 5.41) is 12.0. The van der Waals surface area contributed by atoms with Crippen molar-refractivity contribution in [2.45, 2.75) is 44.2 Å². The molecule has 2 fully saturated rings. The van der Waals surface area contributed by atoms with E-state index in [1.165, 1.54) is 31.2 Å². The van der Waals surface area contributed by atoms with E-state index in [0.29, 0.717) is 6.04 Å². The van der Waals surface area contributed by atoms with Crippen LogP contribution in [0.3, 0.4) is 0 Å². The maximum atomic E-state index is 10.3. The Kier molecular flexibility index (Phi) is 2.70. The third-order valence-electron chi connectivity index (χ3n) is 4.27. The summed E-state index contributed by atoms with van der Waals surface area (Å²) < 4.78 is 0. The fourth-order valence-electron chi connectivity index (χ4n) is 3.43. The molecule has 2 nitrogen and oxygen atoms in total. The zero-order valence-electron chi connectivity index (χ0n) is 9.55. The Bertz CT molecular complexity index is 351. The minimum Gasteiger partial charge on any atom is -0.313 e. The van der Waals surface area contributed by atoms with Crippen LogP contribution in [0.25, 0.3) is 0 Å². The third kappa shape index (κ3) is 1.66. The van der Waals surface area contributed by atoms with Crippen LogP contribution >= 0.6 is 0 Å². The SMILES string of the molecule is ON1[C@@H]2CCC[C@@H]2CC[C@H]1c1ccccc1. The Hall–Kier alpha value is -0.860. The van der Waals surface area contributed by atoms with Crippen LogP contribution in [0.1, 0.15) is 43.7 Å². The lowest BCUT2D eigenvalue weighted by Crippen LogP contribution is -2.42. The van der Waals surface area contributed by atoms with Gasteiger partial charge in [-0.15, -0.1) is 0 Å². The standard InChI is InChI=1S/C14H19NO/c16-15-13-8-4-7-12(13)9-10-14(15)11-5-2-1-3-6-11/h1-3,5-6,12-14,16H,4,7-10H2/t12-,13-,14+/m1/s1. The number of benzene rings is 1. The molecular weight excluding hydrogens is 198 g/mol. The molecule has 1 heterocycles. The summed E-state index contributed by atoms with van der Waals surface area (Å²) in [6.45, 7) is 0. The van der Waals surface area contributed by atoms with Gasteiger partial charge in [-0.1, -0.05) is 36.8 Å². The van der Waals surface area contributed by atoms with Gasteiger partial charge in [0.05, 0.1) is 6.04 Å². The van der Waals surface area contributed by atoms with Gasteiger partial charge in [0, 0.05) is 6.04 Å². The van der Waals surface area contributed by atoms with Crippen LogP contribution in [-0.2, 0) is 0 Å². The van der Waals surface area contributed by atoms with Crippen molar-refractivity contribution in [1.82, 2.24) is 5.06 Å². The second-order valence-corrected chi connectivity index (χ2v) is 5.14. The highest BCUT2D eigenvalue weighted by molar-refractivity contribution is 5.19. The molecular formula is C14H19NO. The van der Waals surface area contributed by atoms with Crippen molar-refractivity contribution in [2.75, 3.05) is 0 Å². The van der Waals surface area contributed by atoms with Gasteiger partial charge in [0.15, 0.2) is 0 Å². The van der Waals surface area contributed by atoms with E-state index in [2.05, 4.69) is 24.3 Å². The molecule has 1 saturated carbocycles. The number of piperidine rings is 1. The van der Waals surface area contributed by atoms with Crippen molar-refractivity contribution in [3.8, 4) is 0 Å².